The molecular weight excluding hydrogens is 426 g/mol. The van der Waals surface area contributed by atoms with E-state index in [2.05, 4.69) is 15.4 Å². The first-order valence-corrected chi connectivity index (χ1v) is 10.1. The molecule has 4 rings (SSSR count). The van der Waals surface area contributed by atoms with E-state index in [1.165, 1.54) is 18.4 Å². The van der Waals surface area contributed by atoms with Crippen LogP contribution in [0.4, 0.5) is 10.8 Å². The van der Waals surface area contributed by atoms with Crippen molar-refractivity contribution in [3.8, 4) is 11.6 Å². The first-order valence-electron chi connectivity index (χ1n) is 8.85. The van der Waals surface area contributed by atoms with Gasteiger partial charge < -0.3 is 10.1 Å². The number of nitrogens with one attached hydrogen (secondary N) is 1. The van der Waals surface area contributed by atoms with Crippen LogP contribution >= 0.6 is 22.9 Å². The lowest BCUT2D eigenvalue weighted by Crippen LogP contribution is -2.41. The number of nitrogens with zero attached hydrogens (tertiary/aromatic N) is 4. The Morgan fingerprint density at radius 1 is 1.17 bits per heavy atom. The minimum Gasteiger partial charge on any atom is -0.476 e. The monoisotopic (exact) mass is 441 g/mol. The molecule has 10 heteroatoms. The number of rotatable bonds is 6. The van der Waals surface area contributed by atoms with Crippen LogP contribution in [0.1, 0.15) is 5.56 Å². The zero-order valence-corrected chi connectivity index (χ0v) is 17.4. The van der Waals surface area contributed by atoms with Crippen LogP contribution in [0.25, 0.3) is 5.69 Å². The number of aromatic nitrogens is 4. The van der Waals surface area contributed by atoms with Gasteiger partial charge in [-0.25, -0.2) is 14.3 Å². The topological polar surface area (TPSA) is 91.0 Å². The molecule has 0 aliphatic carbocycles. The van der Waals surface area contributed by atoms with Crippen molar-refractivity contribution in [1.82, 2.24) is 19.3 Å². The number of anilines is 2. The molecule has 152 valence electrons. The van der Waals surface area contributed by atoms with E-state index >= 15 is 0 Å². The van der Waals surface area contributed by atoms with Gasteiger partial charge in [-0.2, -0.15) is 4.68 Å². The van der Waals surface area contributed by atoms with Gasteiger partial charge in [0.05, 0.1) is 19.3 Å². The third-order valence-electron chi connectivity index (χ3n) is 4.25. The Labute approximate surface area is 180 Å². The summed E-state index contributed by atoms with van der Waals surface area (Å²) in [5, 5.41) is 10.4. The Balaban J connectivity index is 1.77. The molecule has 0 radical (unpaired) electrons. The fourth-order valence-corrected chi connectivity index (χ4v) is 3.50. The van der Waals surface area contributed by atoms with Crippen LogP contribution in [0.3, 0.4) is 0 Å². The van der Waals surface area contributed by atoms with Crippen LogP contribution in [0.2, 0.25) is 5.02 Å². The highest BCUT2D eigenvalue weighted by atomic mass is 35.5. The summed E-state index contributed by atoms with van der Waals surface area (Å²) in [5.41, 5.74) is 0.765. The van der Waals surface area contributed by atoms with Gasteiger partial charge in [0.1, 0.15) is 0 Å². The maximum atomic E-state index is 13.1. The molecule has 30 heavy (non-hydrogen) atoms. The third kappa shape index (κ3) is 4.12. The van der Waals surface area contributed by atoms with Crippen molar-refractivity contribution in [3.05, 3.63) is 91.5 Å². The molecule has 2 aromatic heterocycles. The standard InChI is InChI=1S/C20H16ClN5O3S/c1-29-17-18(27)25(12-13-5-7-14(21)8-6-13)20(28)26(24-17)16-4-2-3-15(11-16)23-19-22-9-10-30-19/h2-11H,12H2,1H3,(H,22,23). The predicted molar refractivity (Wildman–Crippen MR) is 117 cm³/mol. The average molecular weight is 442 g/mol. The maximum Gasteiger partial charge on any atom is 0.352 e. The SMILES string of the molecule is COc1nn(-c2cccc(Nc3nccs3)c2)c(=O)n(Cc2ccc(Cl)cc2)c1=O. The Bertz CT molecular complexity index is 1280. The summed E-state index contributed by atoms with van der Waals surface area (Å²) in [5.74, 6) is -0.179. The van der Waals surface area contributed by atoms with E-state index in [-0.39, 0.29) is 12.4 Å². The summed E-state index contributed by atoms with van der Waals surface area (Å²) < 4.78 is 7.35. The molecule has 2 heterocycles. The minimum absolute atomic E-state index is 0.0603. The van der Waals surface area contributed by atoms with E-state index in [0.29, 0.717) is 10.7 Å². The summed E-state index contributed by atoms with van der Waals surface area (Å²) in [6.07, 6.45) is 1.69. The number of thiazole rings is 1. The molecular formula is C20H16ClN5O3S. The van der Waals surface area contributed by atoms with Gasteiger partial charge in [-0.15, -0.1) is 16.4 Å². The lowest BCUT2D eigenvalue weighted by atomic mass is 10.2. The van der Waals surface area contributed by atoms with E-state index in [1.54, 1.807) is 48.7 Å². The normalized spacial score (nSPS) is 10.7. The summed E-state index contributed by atoms with van der Waals surface area (Å²) in [7, 11) is 1.34. The molecule has 0 aliphatic rings. The zero-order valence-electron chi connectivity index (χ0n) is 15.8. The number of ether oxygens (including phenoxy) is 1. The quantitative estimate of drug-likeness (QED) is 0.493. The maximum absolute atomic E-state index is 13.1. The van der Waals surface area contributed by atoms with E-state index in [0.717, 1.165) is 25.6 Å². The van der Waals surface area contributed by atoms with Gasteiger partial charge in [-0.05, 0) is 35.9 Å². The smallest absolute Gasteiger partial charge is 0.352 e. The van der Waals surface area contributed by atoms with E-state index in [4.69, 9.17) is 16.3 Å². The Hall–Kier alpha value is -3.43. The van der Waals surface area contributed by atoms with Gasteiger partial charge in [0.15, 0.2) is 5.13 Å². The summed E-state index contributed by atoms with van der Waals surface area (Å²) in [4.78, 5) is 30.0. The zero-order chi connectivity index (χ0) is 21.1. The Morgan fingerprint density at radius 2 is 1.97 bits per heavy atom. The van der Waals surface area contributed by atoms with Gasteiger partial charge in [-0.1, -0.05) is 29.8 Å². The molecule has 8 nitrogen and oxygen atoms in total. The molecule has 0 amide bonds. The molecule has 0 unspecified atom stereocenters. The number of hydrogen-bond donors (Lipinski definition) is 1. The van der Waals surface area contributed by atoms with Crippen molar-refractivity contribution in [2.75, 3.05) is 12.4 Å². The van der Waals surface area contributed by atoms with Crippen LogP contribution in [-0.2, 0) is 6.54 Å². The second-order valence-corrected chi connectivity index (χ2v) is 7.57. The van der Waals surface area contributed by atoms with Crippen LogP contribution < -0.4 is 21.3 Å². The number of halogens is 1. The van der Waals surface area contributed by atoms with Gasteiger partial charge >= 0.3 is 11.2 Å². The van der Waals surface area contributed by atoms with Gasteiger partial charge in [0.25, 0.3) is 5.88 Å². The molecule has 0 spiro atoms. The van der Waals surface area contributed by atoms with Crippen molar-refractivity contribution >= 4 is 33.8 Å². The summed E-state index contributed by atoms with van der Waals surface area (Å²) in [6, 6.07) is 14.0. The molecule has 0 saturated heterocycles. The highest BCUT2D eigenvalue weighted by molar-refractivity contribution is 7.13. The fourth-order valence-electron chi connectivity index (χ4n) is 2.83. The molecule has 4 aromatic rings. The predicted octanol–water partition coefficient (Wildman–Crippen LogP) is 3.30. The number of hydrogen-bond acceptors (Lipinski definition) is 7. The average Bonchev–Trinajstić information content (AvgIpc) is 3.26. The van der Waals surface area contributed by atoms with Crippen molar-refractivity contribution in [2.45, 2.75) is 6.54 Å². The third-order valence-corrected chi connectivity index (χ3v) is 5.19. The van der Waals surface area contributed by atoms with E-state index in [1.807, 2.05) is 11.4 Å². The van der Waals surface area contributed by atoms with Crippen LogP contribution in [-0.4, -0.2) is 26.4 Å². The van der Waals surface area contributed by atoms with Crippen molar-refractivity contribution in [2.24, 2.45) is 0 Å². The van der Waals surface area contributed by atoms with Crippen molar-refractivity contribution < 1.29 is 4.74 Å². The second-order valence-electron chi connectivity index (χ2n) is 6.23. The summed E-state index contributed by atoms with van der Waals surface area (Å²) >= 11 is 7.38. The lowest BCUT2D eigenvalue weighted by molar-refractivity contribution is 0.367. The minimum atomic E-state index is -0.606. The number of benzene rings is 2. The molecule has 0 bridgehead atoms. The molecule has 0 saturated carbocycles. The molecule has 1 N–H and O–H groups in total. The highest BCUT2D eigenvalue weighted by Gasteiger charge is 2.16. The van der Waals surface area contributed by atoms with Gasteiger partial charge in [0, 0.05) is 22.3 Å². The highest BCUT2D eigenvalue weighted by Crippen LogP contribution is 2.20. The molecule has 0 aliphatic heterocycles. The van der Waals surface area contributed by atoms with E-state index < -0.39 is 11.2 Å². The van der Waals surface area contributed by atoms with E-state index in [9.17, 15) is 9.59 Å². The largest absolute Gasteiger partial charge is 0.476 e. The van der Waals surface area contributed by atoms with Crippen LogP contribution in [0, 0.1) is 0 Å². The van der Waals surface area contributed by atoms with Gasteiger partial charge in [0.2, 0.25) is 0 Å². The second kappa shape index (κ2) is 8.52. The molecule has 2 aromatic carbocycles. The lowest BCUT2D eigenvalue weighted by Gasteiger charge is -2.12. The molecule has 0 atom stereocenters. The van der Waals surface area contributed by atoms with Crippen LogP contribution in [0.5, 0.6) is 5.88 Å². The first kappa shape index (κ1) is 19.9. The summed E-state index contributed by atoms with van der Waals surface area (Å²) in [6.45, 7) is 0.0603. The fraction of sp³-hybridized carbons (Fsp3) is 0.100. The van der Waals surface area contributed by atoms with Crippen LogP contribution in [0.15, 0.2) is 69.7 Å². The van der Waals surface area contributed by atoms with Crippen molar-refractivity contribution in [3.63, 3.8) is 0 Å². The molecule has 0 fully saturated rings. The Morgan fingerprint density at radius 3 is 2.67 bits per heavy atom. The number of methoxy groups -OCH3 is 1. The Kier molecular flexibility index (Phi) is 5.64. The van der Waals surface area contributed by atoms with Gasteiger partial charge in [-0.3, -0.25) is 4.79 Å². The van der Waals surface area contributed by atoms with Crippen molar-refractivity contribution in [1.29, 1.82) is 0 Å². The first-order chi connectivity index (χ1) is 14.5.